The molecule has 1 fully saturated rings. The number of benzene rings is 1. The van der Waals surface area contributed by atoms with Crippen molar-refractivity contribution >= 4 is 28.9 Å². The van der Waals surface area contributed by atoms with E-state index in [-0.39, 0.29) is 12.3 Å². The van der Waals surface area contributed by atoms with Crippen LogP contribution in [-0.2, 0) is 11.2 Å². The van der Waals surface area contributed by atoms with Crippen LogP contribution < -0.4 is 4.90 Å². The normalized spacial score (nSPS) is 14.8. The summed E-state index contributed by atoms with van der Waals surface area (Å²) in [5.74, 6) is -0.729. The summed E-state index contributed by atoms with van der Waals surface area (Å²) in [4.78, 5) is 28.0. The Kier molecular flexibility index (Phi) is 4.62. The number of amides is 1. The molecule has 0 radical (unpaired) electrons. The lowest BCUT2D eigenvalue weighted by Crippen LogP contribution is -2.48. The molecule has 0 unspecified atom stereocenters. The fraction of sp³-hybridized carbons (Fsp3) is 0.294. The van der Waals surface area contributed by atoms with Crippen molar-refractivity contribution in [3.63, 3.8) is 0 Å². The molecule has 0 aliphatic carbocycles. The highest BCUT2D eigenvalue weighted by Gasteiger charge is 2.22. The first-order valence-electron chi connectivity index (χ1n) is 7.52. The van der Waals surface area contributed by atoms with Gasteiger partial charge in [0.15, 0.2) is 0 Å². The molecular weight excluding hydrogens is 312 g/mol. The van der Waals surface area contributed by atoms with E-state index in [0.717, 1.165) is 29.2 Å². The van der Waals surface area contributed by atoms with E-state index < -0.39 is 5.97 Å². The number of rotatable bonds is 4. The standard InChI is InChI=1S/C17H18N2O3S/c20-16(21)12-13-3-1-4-14(11-13)18-6-8-19(9-7-18)17(22)15-5-2-10-23-15/h1-5,10-11H,6-9,12H2,(H,20,21). The van der Waals surface area contributed by atoms with Gasteiger partial charge >= 0.3 is 5.97 Å². The minimum atomic E-state index is -0.825. The van der Waals surface area contributed by atoms with Gasteiger partial charge in [-0.25, -0.2) is 0 Å². The maximum atomic E-state index is 12.3. The Labute approximate surface area is 138 Å². The molecule has 3 rings (SSSR count). The Hall–Kier alpha value is -2.34. The highest BCUT2D eigenvalue weighted by atomic mass is 32.1. The van der Waals surface area contributed by atoms with E-state index in [1.807, 2.05) is 46.7 Å². The number of aliphatic carboxylic acids is 1. The Balaban J connectivity index is 1.63. The lowest BCUT2D eigenvalue weighted by molar-refractivity contribution is -0.136. The van der Waals surface area contributed by atoms with Gasteiger partial charge in [0.05, 0.1) is 11.3 Å². The van der Waals surface area contributed by atoms with Gasteiger partial charge in [-0.15, -0.1) is 11.3 Å². The first-order valence-corrected chi connectivity index (χ1v) is 8.40. The van der Waals surface area contributed by atoms with Gasteiger partial charge in [-0.3, -0.25) is 9.59 Å². The van der Waals surface area contributed by atoms with Crippen LogP contribution in [0.1, 0.15) is 15.2 Å². The van der Waals surface area contributed by atoms with Crippen LogP contribution in [0, 0.1) is 0 Å². The maximum absolute atomic E-state index is 12.3. The van der Waals surface area contributed by atoms with Crippen molar-refractivity contribution in [2.45, 2.75) is 6.42 Å². The van der Waals surface area contributed by atoms with Crippen molar-refractivity contribution in [2.75, 3.05) is 31.1 Å². The third-order valence-electron chi connectivity index (χ3n) is 3.93. The van der Waals surface area contributed by atoms with E-state index in [9.17, 15) is 9.59 Å². The van der Waals surface area contributed by atoms with Crippen LogP contribution in [-0.4, -0.2) is 48.1 Å². The third kappa shape index (κ3) is 3.71. The van der Waals surface area contributed by atoms with Crippen LogP contribution >= 0.6 is 11.3 Å². The molecule has 0 spiro atoms. The zero-order valence-corrected chi connectivity index (χ0v) is 13.5. The number of nitrogens with zero attached hydrogens (tertiary/aromatic N) is 2. The summed E-state index contributed by atoms with van der Waals surface area (Å²) < 4.78 is 0. The van der Waals surface area contributed by atoms with Crippen molar-refractivity contribution in [3.05, 3.63) is 52.2 Å². The monoisotopic (exact) mass is 330 g/mol. The molecule has 0 atom stereocenters. The molecule has 120 valence electrons. The molecule has 1 aliphatic heterocycles. The van der Waals surface area contributed by atoms with Crippen LogP contribution in [0.4, 0.5) is 5.69 Å². The van der Waals surface area contributed by atoms with Gasteiger partial charge in [0.25, 0.3) is 5.91 Å². The number of carbonyl (C=O) groups is 2. The fourth-order valence-electron chi connectivity index (χ4n) is 2.76. The van der Waals surface area contributed by atoms with Gasteiger partial charge in [0, 0.05) is 31.9 Å². The first-order chi connectivity index (χ1) is 11.1. The molecule has 23 heavy (non-hydrogen) atoms. The number of carboxylic acid groups (broad SMARTS) is 1. The quantitative estimate of drug-likeness (QED) is 0.935. The lowest BCUT2D eigenvalue weighted by atomic mass is 10.1. The number of hydrogen-bond acceptors (Lipinski definition) is 4. The Morgan fingerprint density at radius 2 is 1.87 bits per heavy atom. The summed E-state index contributed by atoms with van der Waals surface area (Å²) in [5.41, 5.74) is 1.82. The number of piperazine rings is 1. The number of hydrogen-bond donors (Lipinski definition) is 1. The van der Waals surface area contributed by atoms with Crippen LogP contribution in [0.2, 0.25) is 0 Å². The molecule has 0 saturated carbocycles. The van der Waals surface area contributed by atoms with Gasteiger partial charge < -0.3 is 14.9 Å². The van der Waals surface area contributed by atoms with E-state index in [1.165, 1.54) is 11.3 Å². The molecular formula is C17H18N2O3S. The average molecular weight is 330 g/mol. The second kappa shape index (κ2) is 6.83. The van der Waals surface area contributed by atoms with Crippen molar-refractivity contribution in [1.29, 1.82) is 0 Å². The summed E-state index contributed by atoms with van der Waals surface area (Å²) in [6.07, 6.45) is 0.0324. The molecule has 0 bridgehead atoms. The molecule has 1 aromatic carbocycles. The highest BCUT2D eigenvalue weighted by molar-refractivity contribution is 7.12. The SMILES string of the molecule is O=C(O)Cc1cccc(N2CCN(C(=O)c3cccs3)CC2)c1. The molecule has 1 N–H and O–H groups in total. The van der Waals surface area contributed by atoms with Crippen molar-refractivity contribution < 1.29 is 14.7 Å². The van der Waals surface area contributed by atoms with Gasteiger partial charge in [-0.1, -0.05) is 18.2 Å². The van der Waals surface area contributed by atoms with Gasteiger partial charge in [0.2, 0.25) is 0 Å². The summed E-state index contributed by atoms with van der Waals surface area (Å²) in [7, 11) is 0. The zero-order chi connectivity index (χ0) is 16.2. The molecule has 5 nitrogen and oxygen atoms in total. The van der Waals surface area contributed by atoms with Crippen molar-refractivity contribution in [3.8, 4) is 0 Å². The van der Waals surface area contributed by atoms with E-state index in [4.69, 9.17) is 5.11 Å². The van der Waals surface area contributed by atoms with Crippen molar-refractivity contribution in [1.82, 2.24) is 4.90 Å². The van der Waals surface area contributed by atoms with E-state index in [1.54, 1.807) is 0 Å². The minimum Gasteiger partial charge on any atom is -0.481 e. The summed E-state index contributed by atoms with van der Waals surface area (Å²) in [6.45, 7) is 2.88. The Morgan fingerprint density at radius 1 is 1.09 bits per heavy atom. The van der Waals surface area contributed by atoms with Crippen LogP contribution in [0.5, 0.6) is 0 Å². The van der Waals surface area contributed by atoms with Crippen LogP contribution in [0.15, 0.2) is 41.8 Å². The minimum absolute atomic E-state index is 0.0324. The summed E-state index contributed by atoms with van der Waals surface area (Å²) >= 11 is 1.47. The number of thiophene rings is 1. The molecule has 1 amide bonds. The summed E-state index contributed by atoms with van der Waals surface area (Å²) in [5, 5.41) is 10.8. The van der Waals surface area contributed by atoms with E-state index >= 15 is 0 Å². The van der Waals surface area contributed by atoms with Crippen LogP contribution in [0.3, 0.4) is 0 Å². The fourth-order valence-corrected chi connectivity index (χ4v) is 3.45. The predicted octanol–water partition coefficient (Wildman–Crippen LogP) is 2.34. The average Bonchev–Trinajstić information content (AvgIpc) is 3.08. The maximum Gasteiger partial charge on any atom is 0.307 e. The second-order valence-corrected chi connectivity index (χ2v) is 6.44. The van der Waals surface area contributed by atoms with Gasteiger partial charge in [-0.2, -0.15) is 0 Å². The number of anilines is 1. The Morgan fingerprint density at radius 3 is 2.52 bits per heavy atom. The molecule has 1 aliphatic rings. The molecule has 1 aromatic heterocycles. The van der Waals surface area contributed by atoms with Gasteiger partial charge in [0.1, 0.15) is 0 Å². The topological polar surface area (TPSA) is 60.9 Å². The number of carbonyl (C=O) groups excluding carboxylic acids is 1. The highest BCUT2D eigenvalue weighted by Crippen LogP contribution is 2.20. The Bertz CT molecular complexity index is 692. The third-order valence-corrected chi connectivity index (χ3v) is 4.79. The lowest BCUT2D eigenvalue weighted by Gasteiger charge is -2.36. The largest absolute Gasteiger partial charge is 0.481 e. The molecule has 1 saturated heterocycles. The first kappa shape index (κ1) is 15.6. The zero-order valence-electron chi connectivity index (χ0n) is 12.6. The summed E-state index contributed by atoms with van der Waals surface area (Å²) in [6, 6.07) is 11.4. The molecule has 2 aromatic rings. The van der Waals surface area contributed by atoms with Crippen molar-refractivity contribution in [2.24, 2.45) is 0 Å². The molecule has 6 heteroatoms. The smallest absolute Gasteiger partial charge is 0.307 e. The van der Waals surface area contributed by atoms with Gasteiger partial charge in [-0.05, 0) is 29.1 Å². The van der Waals surface area contributed by atoms with E-state index in [2.05, 4.69) is 4.90 Å². The van der Waals surface area contributed by atoms with E-state index in [0.29, 0.717) is 13.1 Å². The second-order valence-electron chi connectivity index (χ2n) is 5.50. The van der Waals surface area contributed by atoms with Crippen LogP contribution in [0.25, 0.3) is 0 Å². The molecule has 2 heterocycles. The predicted molar refractivity (Wildman–Crippen MR) is 90.2 cm³/mol. The number of carboxylic acids is 1.